The molecule has 0 aromatic heterocycles. The molecule has 0 bridgehead atoms. The first kappa shape index (κ1) is 27.3. The molecule has 40 heavy (non-hydrogen) atoms. The molecule has 1 aromatic rings. The summed E-state index contributed by atoms with van der Waals surface area (Å²) in [6.07, 6.45) is 13.2. The van der Waals surface area contributed by atoms with Crippen molar-refractivity contribution in [3.05, 3.63) is 57.8 Å². The van der Waals surface area contributed by atoms with E-state index >= 15 is 0 Å². The largest absolute Gasteiger partial charge is 0.501 e. The highest BCUT2D eigenvalue weighted by atomic mass is 35.5. The number of fused-ring (bicyclic) bond motifs is 1. The van der Waals surface area contributed by atoms with Crippen LogP contribution in [0.3, 0.4) is 0 Å². The summed E-state index contributed by atoms with van der Waals surface area (Å²) >= 11 is 7.03. The number of allylic oxidation sites excluding steroid dienone is 1. The second kappa shape index (κ2) is 11.2. The Morgan fingerprint density at radius 2 is 2.08 bits per heavy atom. The molecule has 5 aliphatic rings. The van der Waals surface area contributed by atoms with Crippen molar-refractivity contribution in [3.63, 3.8) is 0 Å². The molecule has 0 saturated carbocycles. The van der Waals surface area contributed by atoms with Gasteiger partial charge in [0.2, 0.25) is 5.91 Å². The first-order valence-corrected chi connectivity index (χ1v) is 15.4. The number of carbonyl (C=O) groups excluding carboxylic acids is 1. The Bertz CT molecular complexity index is 1340. The summed E-state index contributed by atoms with van der Waals surface area (Å²) in [7, 11) is 0. The number of nitrogens with zero attached hydrogens (tertiary/aromatic N) is 4. The normalized spacial score (nSPS) is 29.6. The van der Waals surface area contributed by atoms with Crippen molar-refractivity contribution in [2.75, 3.05) is 31.1 Å². The van der Waals surface area contributed by atoms with Crippen molar-refractivity contribution in [3.8, 4) is 0 Å². The molecule has 6 nitrogen and oxygen atoms in total. The summed E-state index contributed by atoms with van der Waals surface area (Å²) in [6.45, 7) is 11.5. The third kappa shape index (κ3) is 5.04. The summed E-state index contributed by atoms with van der Waals surface area (Å²) in [5.41, 5.74) is 7.34. The van der Waals surface area contributed by atoms with Gasteiger partial charge in [0, 0.05) is 61.4 Å². The van der Waals surface area contributed by atoms with Gasteiger partial charge in [-0.15, -0.1) is 0 Å². The maximum Gasteiger partial charge on any atom is 0.219 e. The number of carbonyl (C=O) groups is 1. The van der Waals surface area contributed by atoms with Crippen LogP contribution in [-0.2, 0) is 9.53 Å². The molecule has 5 aliphatic heterocycles. The number of aliphatic imine (C=N–C) groups is 2. The second-order valence-corrected chi connectivity index (χ2v) is 12.5. The van der Waals surface area contributed by atoms with Crippen LogP contribution < -0.4 is 4.90 Å². The fraction of sp³-hybridized carbons (Fsp3) is 0.545. The SMILES string of the molecule is CCC1CC=C(c2cc3c(cc2Cl)N(C2=NC(C[C@H]4C=COC4)[C@H](C)C4=C2CN(C(C)=O)CC4)CCC3C)C=N1. The van der Waals surface area contributed by atoms with Gasteiger partial charge in [-0.1, -0.05) is 44.0 Å². The van der Waals surface area contributed by atoms with Gasteiger partial charge in [-0.2, -0.15) is 0 Å². The van der Waals surface area contributed by atoms with E-state index < -0.39 is 0 Å². The van der Waals surface area contributed by atoms with Crippen LogP contribution in [0.1, 0.15) is 76.8 Å². The topological polar surface area (TPSA) is 57.5 Å². The maximum atomic E-state index is 12.4. The Morgan fingerprint density at radius 1 is 1.23 bits per heavy atom. The van der Waals surface area contributed by atoms with Gasteiger partial charge in [-0.3, -0.25) is 14.8 Å². The van der Waals surface area contributed by atoms with Crippen molar-refractivity contribution in [1.29, 1.82) is 0 Å². The predicted molar refractivity (Wildman–Crippen MR) is 164 cm³/mol. The zero-order valence-electron chi connectivity index (χ0n) is 24.2. The van der Waals surface area contributed by atoms with Crippen molar-refractivity contribution in [2.45, 2.75) is 77.8 Å². The monoisotopic (exact) mass is 560 g/mol. The summed E-state index contributed by atoms with van der Waals surface area (Å²) in [5, 5.41) is 0.753. The van der Waals surface area contributed by atoms with Crippen molar-refractivity contribution in [2.24, 2.45) is 21.8 Å². The Morgan fingerprint density at radius 3 is 2.77 bits per heavy atom. The highest BCUT2D eigenvalue weighted by molar-refractivity contribution is 6.34. The van der Waals surface area contributed by atoms with Gasteiger partial charge < -0.3 is 14.5 Å². The molecule has 0 fully saturated rings. The number of dihydropyridines is 2. The van der Waals surface area contributed by atoms with E-state index in [1.165, 1.54) is 16.7 Å². The highest BCUT2D eigenvalue weighted by Crippen LogP contribution is 2.44. The van der Waals surface area contributed by atoms with E-state index in [0.717, 1.165) is 79.5 Å². The molecule has 0 N–H and O–H groups in total. The minimum absolute atomic E-state index is 0.127. The van der Waals surface area contributed by atoms with Crippen LogP contribution in [0.15, 0.2) is 51.7 Å². The number of rotatable bonds is 4. The van der Waals surface area contributed by atoms with Crippen LogP contribution in [0, 0.1) is 11.8 Å². The van der Waals surface area contributed by atoms with Gasteiger partial charge in [0.1, 0.15) is 5.84 Å². The quantitative estimate of drug-likeness (QED) is 0.406. The fourth-order valence-electron chi connectivity index (χ4n) is 6.95. The molecule has 212 valence electrons. The smallest absolute Gasteiger partial charge is 0.219 e. The predicted octanol–water partition coefficient (Wildman–Crippen LogP) is 6.81. The Kier molecular flexibility index (Phi) is 7.64. The van der Waals surface area contributed by atoms with Gasteiger partial charge in [0.05, 0.1) is 30.0 Å². The third-order valence-corrected chi connectivity index (χ3v) is 9.93. The zero-order valence-corrected chi connectivity index (χ0v) is 25.0. The molecule has 0 radical (unpaired) electrons. The van der Waals surface area contributed by atoms with Crippen LogP contribution in [-0.4, -0.2) is 61.2 Å². The maximum absolute atomic E-state index is 12.4. The van der Waals surface area contributed by atoms with E-state index in [1.54, 1.807) is 6.92 Å². The third-order valence-electron chi connectivity index (χ3n) is 9.62. The average Bonchev–Trinajstić information content (AvgIpc) is 3.48. The van der Waals surface area contributed by atoms with E-state index in [-0.39, 0.29) is 11.9 Å². The van der Waals surface area contributed by atoms with Gasteiger partial charge in [-0.25, -0.2) is 0 Å². The van der Waals surface area contributed by atoms with E-state index in [2.05, 4.69) is 50.0 Å². The molecule has 6 rings (SSSR count). The first-order valence-electron chi connectivity index (χ1n) is 15.0. The number of hydrogen-bond acceptors (Lipinski definition) is 5. The molecule has 7 heteroatoms. The molecule has 1 aromatic carbocycles. The molecule has 5 heterocycles. The standard InChI is InChI=1S/C33H41ClN4O2/c1-5-25-7-6-24(17-35-25)28-15-27-20(2)8-12-38(32(27)16-30(28)34)33-29-18-37(22(4)39)11-9-26(29)21(3)31(36-33)14-23-10-13-40-19-23/h6,10,13,15-17,20-21,23,25,31H,5,7-9,11-12,14,18-19H2,1-4H3/t20?,21-,23-,25?,31?/m1/s1. The van der Waals surface area contributed by atoms with Crippen LogP contribution in [0.25, 0.3) is 5.57 Å². The van der Waals surface area contributed by atoms with Crippen molar-refractivity contribution < 1.29 is 9.53 Å². The number of benzene rings is 1. The second-order valence-electron chi connectivity index (χ2n) is 12.1. The minimum Gasteiger partial charge on any atom is -0.501 e. The molecule has 3 unspecified atom stereocenters. The number of anilines is 1. The Balaban J connectivity index is 1.40. The average molecular weight is 561 g/mol. The number of halogens is 1. The van der Waals surface area contributed by atoms with Gasteiger partial charge in [-0.05, 0) is 67.4 Å². The van der Waals surface area contributed by atoms with Crippen LogP contribution in [0.5, 0.6) is 0 Å². The van der Waals surface area contributed by atoms with Crippen molar-refractivity contribution in [1.82, 2.24) is 4.90 Å². The minimum atomic E-state index is 0.127. The summed E-state index contributed by atoms with van der Waals surface area (Å²) in [6, 6.07) is 4.99. The van der Waals surface area contributed by atoms with Gasteiger partial charge >= 0.3 is 0 Å². The molecular weight excluding hydrogens is 520 g/mol. The Labute approximate surface area is 243 Å². The van der Waals surface area contributed by atoms with E-state index in [9.17, 15) is 4.79 Å². The van der Waals surface area contributed by atoms with E-state index in [1.807, 2.05) is 17.4 Å². The van der Waals surface area contributed by atoms with Gasteiger partial charge in [0.15, 0.2) is 0 Å². The Hall–Kier alpha value is -2.86. The van der Waals surface area contributed by atoms with Crippen molar-refractivity contribution >= 4 is 40.8 Å². The summed E-state index contributed by atoms with van der Waals surface area (Å²) in [5.74, 6) is 2.32. The lowest BCUT2D eigenvalue weighted by atomic mass is 9.79. The molecule has 0 spiro atoms. The van der Waals surface area contributed by atoms with Crippen LogP contribution >= 0.6 is 11.6 Å². The lowest BCUT2D eigenvalue weighted by Gasteiger charge is -2.44. The number of amides is 1. The molecule has 5 atom stereocenters. The fourth-order valence-corrected chi connectivity index (χ4v) is 7.22. The molecule has 0 saturated heterocycles. The van der Waals surface area contributed by atoms with E-state index in [4.69, 9.17) is 26.3 Å². The number of amidine groups is 1. The van der Waals surface area contributed by atoms with E-state index in [0.29, 0.717) is 30.3 Å². The zero-order chi connectivity index (χ0) is 28.0. The van der Waals surface area contributed by atoms with Crippen LogP contribution in [0.2, 0.25) is 5.02 Å². The number of hydrogen-bond donors (Lipinski definition) is 0. The first-order chi connectivity index (χ1) is 19.3. The number of ether oxygens (including phenoxy) is 1. The van der Waals surface area contributed by atoms with Gasteiger partial charge in [0.25, 0.3) is 0 Å². The lowest BCUT2D eigenvalue weighted by Crippen LogP contribution is -2.48. The molecular formula is C33H41ClN4O2. The highest BCUT2D eigenvalue weighted by Gasteiger charge is 2.39. The lowest BCUT2D eigenvalue weighted by molar-refractivity contribution is -0.128. The molecule has 0 aliphatic carbocycles. The summed E-state index contributed by atoms with van der Waals surface area (Å²) in [4.78, 5) is 27.1. The molecule has 1 amide bonds. The van der Waals surface area contributed by atoms with Crippen LogP contribution in [0.4, 0.5) is 5.69 Å². The summed E-state index contributed by atoms with van der Waals surface area (Å²) < 4.78 is 5.54.